The number of hydrogen-bond acceptors (Lipinski definition) is 5. The third-order valence-corrected chi connectivity index (χ3v) is 4.15. The van der Waals surface area contributed by atoms with E-state index in [0.29, 0.717) is 35.1 Å². The number of ether oxygens (including phenoxy) is 3. The highest BCUT2D eigenvalue weighted by atomic mass is 16.5. The van der Waals surface area contributed by atoms with E-state index in [4.69, 9.17) is 14.2 Å². The predicted molar refractivity (Wildman–Crippen MR) is 100 cm³/mol. The number of hydrogen-bond donors (Lipinski definition) is 2. The largest absolute Gasteiger partial charge is 0.507 e. The normalized spacial score (nSPS) is 10.6. The van der Waals surface area contributed by atoms with E-state index in [1.54, 1.807) is 26.4 Å². The van der Waals surface area contributed by atoms with Crippen LogP contribution in [0, 0.1) is 6.92 Å². The number of aromatic amines is 1. The number of benzene rings is 2. The number of nitrogens with zero attached hydrogens (tertiary/aromatic N) is 1. The summed E-state index contributed by atoms with van der Waals surface area (Å²) in [5.41, 5.74) is 3.99. The molecule has 1 aromatic heterocycles. The molecule has 3 aromatic rings. The molecule has 0 aliphatic rings. The van der Waals surface area contributed by atoms with E-state index in [1.807, 2.05) is 38.1 Å². The van der Waals surface area contributed by atoms with Gasteiger partial charge in [0.05, 0.1) is 20.8 Å². The Labute approximate surface area is 152 Å². The summed E-state index contributed by atoms with van der Waals surface area (Å²) in [6.45, 7) is 4.38. The Balaban J connectivity index is 2.11. The number of aromatic hydroxyl groups is 1. The van der Waals surface area contributed by atoms with Gasteiger partial charge in [-0.05, 0) is 43.7 Å². The number of nitrogens with one attached hydrogen (secondary N) is 1. The van der Waals surface area contributed by atoms with Crippen molar-refractivity contribution in [3.8, 4) is 45.4 Å². The zero-order chi connectivity index (χ0) is 18.7. The lowest BCUT2D eigenvalue weighted by Crippen LogP contribution is -1.93. The summed E-state index contributed by atoms with van der Waals surface area (Å²) in [7, 11) is 3.20. The van der Waals surface area contributed by atoms with Crippen molar-refractivity contribution in [2.24, 2.45) is 0 Å². The van der Waals surface area contributed by atoms with E-state index in [-0.39, 0.29) is 5.75 Å². The molecule has 2 aromatic carbocycles. The predicted octanol–water partition coefficient (Wildman–Crippen LogP) is 4.17. The van der Waals surface area contributed by atoms with Gasteiger partial charge in [0, 0.05) is 22.9 Å². The molecule has 2 N–H and O–H groups in total. The average molecular weight is 354 g/mol. The molecule has 0 radical (unpaired) electrons. The first-order chi connectivity index (χ1) is 12.6. The van der Waals surface area contributed by atoms with Gasteiger partial charge < -0.3 is 19.3 Å². The van der Waals surface area contributed by atoms with E-state index in [1.165, 1.54) is 0 Å². The summed E-state index contributed by atoms with van der Waals surface area (Å²) in [4.78, 5) is 0. The fourth-order valence-corrected chi connectivity index (χ4v) is 2.94. The number of methoxy groups -OCH3 is 2. The fraction of sp³-hybridized carbons (Fsp3) is 0.250. The SMILES string of the molecule is CCOc1ccc(-c2n[nH]c(C)c2-c2ccc(OC)c(OC)c2)c(O)c1. The molecule has 0 saturated carbocycles. The Morgan fingerprint density at radius 3 is 2.46 bits per heavy atom. The highest BCUT2D eigenvalue weighted by molar-refractivity contribution is 5.85. The Morgan fingerprint density at radius 2 is 1.81 bits per heavy atom. The molecule has 0 bridgehead atoms. The van der Waals surface area contributed by atoms with E-state index in [0.717, 1.165) is 16.8 Å². The summed E-state index contributed by atoms with van der Waals surface area (Å²) in [5.74, 6) is 2.02. The molecule has 0 fully saturated rings. The van der Waals surface area contributed by atoms with Crippen molar-refractivity contribution in [2.75, 3.05) is 20.8 Å². The second kappa shape index (κ2) is 7.39. The Bertz CT molecular complexity index is 918. The van der Waals surface area contributed by atoms with Crippen molar-refractivity contribution in [3.63, 3.8) is 0 Å². The maximum atomic E-state index is 10.5. The maximum Gasteiger partial charge on any atom is 0.161 e. The molecule has 3 rings (SSSR count). The number of aromatic nitrogens is 2. The highest BCUT2D eigenvalue weighted by Crippen LogP contribution is 2.41. The number of aryl methyl sites for hydroxylation is 1. The molecule has 6 nitrogen and oxygen atoms in total. The van der Waals surface area contributed by atoms with Gasteiger partial charge in [0.2, 0.25) is 0 Å². The minimum Gasteiger partial charge on any atom is -0.507 e. The van der Waals surface area contributed by atoms with Crippen molar-refractivity contribution in [1.82, 2.24) is 10.2 Å². The van der Waals surface area contributed by atoms with Crippen LogP contribution >= 0.6 is 0 Å². The molecule has 0 atom stereocenters. The van der Waals surface area contributed by atoms with Gasteiger partial charge in [-0.3, -0.25) is 5.10 Å². The van der Waals surface area contributed by atoms with Gasteiger partial charge in [-0.2, -0.15) is 5.10 Å². The molecular formula is C20H22N2O4. The Hall–Kier alpha value is -3.15. The van der Waals surface area contributed by atoms with Crippen molar-refractivity contribution in [3.05, 3.63) is 42.1 Å². The van der Waals surface area contributed by atoms with Gasteiger partial charge in [0.1, 0.15) is 17.2 Å². The molecule has 0 aliphatic heterocycles. The molecule has 0 aliphatic carbocycles. The van der Waals surface area contributed by atoms with Crippen LogP contribution in [-0.4, -0.2) is 36.1 Å². The summed E-state index contributed by atoms with van der Waals surface area (Å²) in [6.07, 6.45) is 0. The van der Waals surface area contributed by atoms with Crippen LogP contribution in [0.1, 0.15) is 12.6 Å². The minimum absolute atomic E-state index is 0.115. The topological polar surface area (TPSA) is 76.6 Å². The van der Waals surface area contributed by atoms with Crippen LogP contribution in [-0.2, 0) is 0 Å². The zero-order valence-electron chi connectivity index (χ0n) is 15.3. The molecule has 0 saturated heterocycles. The first kappa shape index (κ1) is 17.7. The lowest BCUT2D eigenvalue weighted by molar-refractivity contribution is 0.338. The summed E-state index contributed by atoms with van der Waals surface area (Å²) in [5, 5.41) is 17.9. The van der Waals surface area contributed by atoms with Gasteiger partial charge in [-0.25, -0.2) is 0 Å². The summed E-state index contributed by atoms with van der Waals surface area (Å²) in [6, 6.07) is 10.9. The third-order valence-electron chi connectivity index (χ3n) is 4.15. The van der Waals surface area contributed by atoms with Gasteiger partial charge in [-0.15, -0.1) is 0 Å². The number of rotatable bonds is 6. The summed E-state index contributed by atoms with van der Waals surface area (Å²) < 4.78 is 16.1. The van der Waals surface area contributed by atoms with Gasteiger partial charge in [0.15, 0.2) is 11.5 Å². The van der Waals surface area contributed by atoms with Gasteiger partial charge in [0.25, 0.3) is 0 Å². The van der Waals surface area contributed by atoms with Gasteiger partial charge in [-0.1, -0.05) is 6.07 Å². The first-order valence-corrected chi connectivity index (χ1v) is 8.32. The zero-order valence-corrected chi connectivity index (χ0v) is 15.3. The van der Waals surface area contributed by atoms with E-state index in [2.05, 4.69) is 10.2 Å². The highest BCUT2D eigenvalue weighted by Gasteiger charge is 2.19. The van der Waals surface area contributed by atoms with Crippen LogP contribution in [0.25, 0.3) is 22.4 Å². The maximum absolute atomic E-state index is 10.5. The molecule has 1 heterocycles. The van der Waals surface area contributed by atoms with Crippen LogP contribution in [0.2, 0.25) is 0 Å². The van der Waals surface area contributed by atoms with E-state index >= 15 is 0 Å². The Kier molecular flexibility index (Phi) is 5.02. The Morgan fingerprint density at radius 1 is 1.04 bits per heavy atom. The second-order valence-electron chi connectivity index (χ2n) is 5.75. The van der Waals surface area contributed by atoms with Crippen molar-refractivity contribution in [2.45, 2.75) is 13.8 Å². The molecule has 0 spiro atoms. The van der Waals surface area contributed by atoms with Gasteiger partial charge >= 0.3 is 0 Å². The van der Waals surface area contributed by atoms with Crippen molar-refractivity contribution in [1.29, 1.82) is 0 Å². The van der Waals surface area contributed by atoms with Crippen LogP contribution in [0.15, 0.2) is 36.4 Å². The molecule has 6 heteroatoms. The van der Waals surface area contributed by atoms with Crippen LogP contribution in [0.3, 0.4) is 0 Å². The third kappa shape index (κ3) is 3.18. The van der Waals surface area contributed by atoms with Crippen molar-refractivity contribution < 1.29 is 19.3 Å². The lowest BCUT2D eigenvalue weighted by Gasteiger charge is -2.11. The standard InChI is InChI=1S/C20H22N2O4/c1-5-26-14-7-8-15(16(23)11-14)20-19(12(2)21-22-20)13-6-9-17(24-3)18(10-13)25-4/h6-11,23H,5H2,1-4H3,(H,21,22). The second-order valence-corrected chi connectivity index (χ2v) is 5.75. The molecule has 0 unspecified atom stereocenters. The van der Waals surface area contributed by atoms with Crippen molar-refractivity contribution >= 4 is 0 Å². The molecular weight excluding hydrogens is 332 g/mol. The lowest BCUT2D eigenvalue weighted by atomic mass is 9.98. The monoisotopic (exact) mass is 354 g/mol. The molecule has 0 amide bonds. The number of H-pyrrole nitrogens is 1. The first-order valence-electron chi connectivity index (χ1n) is 8.32. The average Bonchev–Trinajstić information content (AvgIpc) is 3.02. The van der Waals surface area contributed by atoms with Crippen LogP contribution in [0.4, 0.5) is 0 Å². The fourth-order valence-electron chi connectivity index (χ4n) is 2.94. The summed E-state index contributed by atoms with van der Waals surface area (Å²) >= 11 is 0. The van der Waals surface area contributed by atoms with E-state index in [9.17, 15) is 5.11 Å². The number of phenolic OH excluding ortho intramolecular Hbond substituents is 1. The smallest absolute Gasteiger partial charge is 0.161 e. The van der Waals surface area contributed by atoms with E-state index < -0.39 is 0 Å². The molecule has 136 valence electrons. The molecule has 26 heavy (non-hydrogen) atoms. The number of phenols is 1. The van der Waals surface area contributed by atoms with Crippen LogP contribution < -0.4 is 14.2 Å². The quantitative estimate of drug-likeness (QED) is 0.695. The van der Waals surface area contributed by atoms with Crippen LogP contribution in [0.5, 0.6) is 23.0 Å². The minimum atomic E-state index is 0.115.